The van der Waals surface area contributed by atoms with Crippen LogP contribution < -0.4 is 0 Å². The zero-order valence-electron chi connectivity index (χ0n) is 10.3. The fourth-order valence-electron chi connectivity index (χ4n) is 3.23. The Kier molecular flexibility index (Phi) is 3.30. The van der Waals surface area contributed by atoms with Crippen molar-refractivity contribution >= 4 is 0 Å². The van der Waals surface area contributed by atoms with Gasteiger partial charge in [-0.2, -0.15) is 0 Å². The fourth-order valence-corrected chi connectivity index (χ4v) is 3.23. The summed E-state index contributed by atoms with van der Waals surface area (Å²) in [4.78, 5) is 5.47. The summed E-state index contributed by atoms with van der Waals surface area (Å²) >= 11 is 0. The van der Waals surface area contributed by atoms with Gasteiger partial charge in [-0.15, -0.1) is 0 Å². The molecule has 3 rings (SSSR count). The van der Waals surface area contributed by atoms with Crippen LogP contribution in [0.15, 0.2) is 12.2 Å². The Morgan fingerprint density at radius 3 is 1.50 bits per heavy atom. The first kappa shape index (κ1) is 10.8. The first-order valence-corrected chi connectivity index (χ1v) is 7.06. The van der Waals surface area contributed by atoms with Crippen molar-refractivity contribution in [3.8, 4) is 0 Å². The molecule has 0 unspecified atom stereocenters. The summed E-state index contributed by atoms with van der Waals surface area (Å²) in [7, 11) is 0. The summed E-state index contributed by atoms with van der Waals surface area (Å²) in [5, 5.41) is 0. The Hall–Kier alpha value is -0.340. The molecule has 0 N–H and O–H groups in total. The van der Waals surface area contributed by atoms with Gasteiger partial charge in [0.05, 0.1) is 0 Å². The molecular formula is C14H24N2. The second kappa shape index (κ2) is 4.89. The normalized spacial score (nSPS) is 30.5. The van der Waals surface area contributed by atoms with Gasteiger partial charge in [0.15, 0.2) is 0 Å². The SMILES string of the molecule is C1=CCCC(N2CCN(C3CC3)CC2)CC1. The fraction of sp³-hybridized carbons (Fsp3) is 0.857. The summed E-state index contributed by atoms with van der Waals surface area (Å²) in [5.41, 5.74) is 0. The van der Waals surface area contributed by atoms with Gasteiger partial charge < -0.3 is 0 Å². The van der Waals surface area contributed by atoms with Gasteiger partial charge in [0.25, 0.3) is 0 Å². The highest BCUT2D eigenvalue weighted by molar-refractivity contribution is 4.92. The molecule has 2 nitrogen and oxygen atoms in total. The van der Waals surface area contributed by atoms with E-state index in [0.717, 1.165) is 12.1 Å². The van der Waals surface area contributed by atoms with Crippen molar-refractivity contribution in [1.82, 2.24) is 9.80 Å². The topological polar surface area (TPSA) is 6.48 Å². The van der Waals surface area contributed by atoms with Gasteiger partial charge in [-0.3, -0.25) is 9.80 Å². The summed E-state index contributed by atoms with van der Waals surface area (Å²) in [6, 6.07) is 1.84. The molecule has 0 bridgehead atoms. The summed E-state index contributed by atoms with van der Waals surface area (Å²) < 4.78 is 0. The Balaban J connectivity index is 1.48. The molecule has 1 heterocycles. The van der Waals surface area contributed by atoms with Crippen molar-refractivity contribution in [1.29, 1.82) is 0 Å². The van der Waals surface area contributed by atoms with Gasteiger partial charge in [-0.25, -0.2) is 0 Å². The maximum Gasteiger partial charge on any atom is 0.0113 e. The molecule has 1 saturated heterocycles. The largest absolute Gasteiger partial charge is 0.298 e. The second-order valence-corrected chi connectivity index (χ2v) is 5.58. The maximum atomic E-state index is 2.76. The third-order valence-corrected chi connectivity index (χ3v) is 4.43. The van der Waals surface area contributed by atoms with Crippen molar-refractivity contribution in [2.45, 2.75) is 50.6 Å². The van der Waals surface area contributed by atoms with Gasteiger partial charge >= 0.3 is 0 Å². The number of hydrogen-bond acceptors (Lipinski definition) is 2. The van der Waals surface area contributed by atoms with E-state index in [1.807, 2.05) is 0 Å². The first-order valence-electron chi connectivity index (χ1n) is 7.06. The van der Waals surface area contributed by atoms with Crippen molar-refractivity contribution in [3.05, 3.63) is 12.2 Å². The van der Waals surface area contributed by atoms with Crippen molar-refractivity contribution < 1.29 is 0 Å². The van der Waals surface area contributed by atoms with Gasteiger partial charge in [0.1, 0.15) is 0 Å². The molecule has 0 atom stereocenters. The third-order valence-electron chi connectivity index (χ3n) is 4.43. The molecule has 1 saturated carbocycles. The number of hydrogen-bond donors (Lipinski definition) is 0. The molecule has 0 aromatic carbocycles. The van der Waals surface area contributed by atoms with Crippen molar-refractivity contribution in [2.24, 2.45) is 0 Å². The van der Waals surface area contributed by atoms with Crippen LogP contribution in [0.25, 0.3) is 0 Å². The van der Waals surface area contributed by atoms with E-state index < -0.39 is 0 Å². The molecule has 0 amide bonds. The van der Waals surface area contributed by atoms with Crippen LogP contribution in [0, 0.1) is 0 Å². The third kappa shape index (κ3) is 2.49. The average molecular weight is 220 g/mol. The van der Waals surface area contributed by atoms with Gasteiger partial charge in [0.2, 0.25) is 0 Å². The van der Waals surface area contributed by atoms with Gasteiger partial charge in [-0.05, 0) is 38.5 Å². The molecule has 16 heavy (non-hydrogen) atoms. The molecule has 2 fully saturated rings. The monoisotopic (exact) mass is 220 g/mol. The minimum atomic E-state index is 0.872. The van der Waals surface area contributed by atoms with E-state index in [1.54, 1.807) is 0 Å². The molecule has 0 radical (unpaired) electrons. The highest BCUT2D eigenvalue weighted by atomic mass is 15.3. The lowest BCUT2D eigenvalue weighted by molar-refractivity contribution is 0.0854. The molecular weight excluding hydrogens is 196 g/mol. The van der Waals surface area contributed by atoms with E-state index in [2.05, 4.69) is 22.0 Å². The Morgan fingerprint density at radius 1 is 0.625 bits per heavy atom. The zero-order valence-corrected chi connectivity index (χ0v) is 10.3. The first-order chi connectivity index (χ1) is 7.93. The zero-order chi connectivity index (χ0) is 10.8. The van der Waals surface area contributed by atoms with Crippen molar-refractivity contribution in [3.63, 3.8) is 0 Å². The van der Waals surface area contributed by atoms with E-state index in [1.165, 1.54) is 64.7 Å². The predicted molar refractivity (Wildman–Crippen MR) is 67.6 cm³/mol. The highest BCUT2D eigenvalue weighted by Crippen LogP contribution is 2.28. The minimum absolute atomic E-state index is 0.872. The van der Waals surface area contributed by atoms with Crippen LogP contribution in [0.5, 0.6) is 0 Å². The molecule has 2 aliphatic carbocycles. The Bertz CT molecular complexity index is 239. The van der Waals surface area contributed by atoms with Gasteiger partial charge in [0, 0.05) is 38.3 Å². The number of piperazine rings is 1. The van der Waals surface area contributed by atoms with Crippen molar-refractivity contribution in [2.75, 3.05) is 26.2 Å². The lowest BCUT2D eigenvalue weighted by Crippen LogP contribution is -2.50. The molecule has 0 aromatic heterocycles. The van der Waals surface area contributed by atoms with Crippen LogP contribution in [0.4, 0.5) is 0 Å². The van der Waals surface area contributed by atoms with E-state index >= 15 is 0 Å². The Labute approximate surface area is 99.3 Å². The second-order valence-electron chi connectivity index (χ2n) is 5.58. The summed E-state index contributed by atoms with van der Waals surface area (Å²) in [5.74, 6) is 0. The van der Waals surface area contributed by atoms with Crippen LogP contribution in [0.2, 0.25) is 0 Å². The lowest BCUT2D eigenvalue weighted by atomic mass is 10.1. The van der Waals surface area contributed by atoms with E-state index in [9.17, 15) is 0 Å². The molecule has 2 heteroatoms. The van der Waals surface area contributed by atoms with Crippen LogP contribution >= 0.6 is 0 Å². The van der Waals surface area contributed by atoms with E-state index in [4.69, 9.17) is 0 Å². The van der Waals surface area contributed by atoms with Crippen LogP contribution in [0.3, 0.4) is 0 Å². The maximum absolute atomic E-state index is 2.76. The van der Waals surface area contributed by atoms with Crippen LogP contribution in [-0.4, -0.2) is 48.1 Å². The lowest BCUT2D eigenvalue weighted by Gasteiger charge is -2.39. The Morgan fingerprint density at radius 2 is 1.06 bits per heavy atom. The number of nitrogens with zero attached hydrogens (tertiary/aromatic N) is 2. The molecule has 1 aliphatic heterocycles. The van der Waals surface area contributed by atoms with Crippen LogP contribution in [0.1, 0.15) is 38.5 Å². The quantitative estimate of drug-likeness (QED) is 0.659. The number of rotatable bonds is 2. The summed E-state index contributed by atoms with van der Waals surface area (Å²) in [6.45, 7) is 5.30. The standard InChI is InChI=1S/C14H24N2/c1-2-4-6-13(5-3-1)15-9-11-16(12-10-15)14-7-8-14/h1-2,13-14H,3-12H2. The summed E-state index contributed by atoms with van der Waals surface area (Å²) in [6.07, 6.45) is 13.1. The average Bonchev–Trinajstić information content (AvgIpc) is 3.17. The highest BCUT2D eigenvalue weighted by Gasteiger charge is 2.32. The molecule has 3 aliphatic rings. The van der Waals surface area contributed by atoms with Crippen LogP contribution in [-0.2, 0) is 0 Å². The van der Waals surface area contributed by atoms with Gasteiger partial charge in [-0.1, -0.05) is 12.2 Å². The smallest absolute Gasteiger partial charge is 0.0113 e. The molecule has 0 aromatic rings. The molecule has 90 valence electrons. The number of allylic oxidation sites excluding steroid dienone is 2. The van der Waals surface area contributed by atoms with E-state index in [-0.39, 0.29) is 0 Å². The van der Waals surface area contributed by atoms with E-state index in [0.29, 0.717) is 0 Å². The predicted octanol–water partition coefficient (Wildman–Crippen LogP) is 2.27. The minimum Gasteiger partial charge on any atom is -0.298 e. The molecule has 0 spiro atoms.